The third-order valence-electron chi connectivity index (χ3n) is 7.71. The number of aromatic nitrogens is 2. The predicted octanol–water partition coefficient (Wildman–Crippen LogP) is 6.91. The maximum atomic E-state index is 14.1. The monoisotopic (exact) mass is 497 g/mol. The number of hydrogen-bond donors (Lipinski definition) is 0. The Morgan fingerprint density at radius 1 is 0.833 bits per heavy atom. The number of para-hydroxylation sites is 1. The van der Waals surface area contributed by atoms with Gasteiger partial charge in [-0.05, 0) is 48.3 Å². The summed E-state index contributed by atoms with van der Waals surface area (Å²) in [5.41, 5.74) is 3.00. The summed E-state index contributed by atoms with van der Waals surface area (Å²) in [4.78, 5) is 19.1. The van der Waals surface area contributed by atoms with Gasteiger partial charge in [0.25, 0.3) is 5.56 Å². The molecule has 0 N–H and O–H groups in total. The van der Waals surface area contributed by atoms with Gasteiger partial charge in [-0.25, -0.2) is 9.66 Å². The van der Waals surface area contributed by atoms with Crippen molar-refractivity contribution in [2.75, 3.05) is 5.01 Å². The zero-order valence-corrected chi connectivity index (χ0v) is 23.0. The fourth-order valence-electron chi connectivity index (χ4n) is 4.74. The van der Waals surface area contributed by atoms with Gasteiger partial charge in [0.1, 0.15) is 6.10 Å². The van der Waals surface area contributed by atoms with Crippen LogP contribution < -0.4 is 10.6 Å². The lowest BCUT2D eigenvalue weighted by atomic mass is 10.0. The zero-order valence-electron chi connectivity index (χ0n) is 22.0. The first-order valence-corrected chi connectivity index (χ1v) is 15.6. The van der Waals surface area contributed by atoms with Gasteiger partial charge >= 0.3 is 0 Å². The van der Waals surface area contributed by atoms with Crippen LogP contribution in [0.1, 0.15) is 62.8 Å². The molecule has 3 aromatic carbocycles. The molecule has 4 aromatic rings. The van der Waals surface area contributed by atoms with Crippen molar-refractivity contribution in [1.82, 2.24) is 9.66 Å². The maximum Gasteiger partial charge on any atom is 0.280 e. The van der Waals surface area contributed by atoms with Gasteiger partial charge in [-0.3, -0.25) is 9.80 Å². The van der Waals surface area contributed by atoms with Gasteiger partial charge < -0.3 is 4.43 Å². The van der Waals surface area contributed by atoms with E-state index in [1.807, 2.05) is 43.3 Å². The maximum absolute atomic E-state index is 14.1. The second kappa shape index (κ2) is 9.02. The van der Waals surface area contributed by atoms with Crippen LogP contribution in [0.5, 0.6) is 0 Å². The molecular formula is C30H35N3O2Si. The Hall–Kier alpha value is -3.22. The molecule has 0 spiro atoms. The summed E-state index contributed by atoms with van der Waals surface area (Å²) in [5, 5.41) is 2.83. The first-order chi connectivity index (χ1) is 17.1. The summed E-state index contributed by atoms with van der Waals surface area (Å²) in [6.07, 6.45) is -0.336. The molecule has 6 heteroatoms. The van der Waals surface area contributed by atoms with Crippen LogP contribution in [0.2, 0.25) is 18.1 Å². The van der Waals surface area contributed by atoms with E-state index < -0.39 is 8.32 Å². The van der Waals surface area contributed by atoms with Gasteiger partial charge in [0, 0.05) is 0 Å². The minimum absolute atomic E-state index is 0.0353. The Labute approximate surface area is 214 Å². The lowest BCUT2D eigenvalue weighted by Gasteiger charge is -2.38. The smallest absolute Gasteiger partial charge is 0.280 e. The number of nitrogens with zero attached hydrogens (tertiary/aromatic N) is 3. The lowest BCUT2D eigenvalue weighted by molar-refractivity contribution is 0.187. The molecule has 186 valence electrons. The molecule has 1 saturated heterocycles. The van der Waals surface area contributed by atoms with Gasteiger partial charge in [0.2, 0.25) is 0 Å². The summed E-state index contributed by atoms with van der Waals surface area (Å²) in [6, 6.07) is 28.5. The van der Waals surface area contributed by atoms with E-state index in [9.17, 15) is 4.79 Å². The number of hydrogen-bond acceptors (Lipinski definition) is 4. The molecule has 1 aromatic heterocycles. The molecule has 5 rings (SSSR count). The summed E-state index contributed by atoms with van der Waals surface area (Å²) in [6.45, 7) is 13.2. The Kier molecular flexibility index (Phi) is 6.13. The van der Waals surface area contributed by atoms with E-state index in [2.05, 4.69) is 87.4 Å². The van der Waals surface area contributed by atoms with Crippen molar-refractivity contribution in [3.63, 3.8) is 0 Å². The van der Waals surface area contributed by atoms with Gasteiger partial charge in [-0.15, -0.1) is 0 Å². The van der Waals surface area contributed by atoms with Crippen LogP contribution in [-0.4, -0.2) is 18.0 Å². The Bertz CT molecular complexity index is 1380. The third-order valence-corrected chi connectivity index (χ3v) is 12.3. The van der Waals surface area contributed by atoms with Crippen LogP contribution in [0.4, 0.5) is 0 Å². The van der Waals surface area contributed by atoms with Crippen LogP contribution in [0.3, 0.4) is 0 Å². The molecule has 1 aliphatic heterocycles. The molecule has 1 aliphatic rings. The van der Waals surface area contributed by atoms with Crippen LogP contribution in [-0.2, 0) is 4.43 Å². The molecule has 36 heavy (non-hydrogen) atoms. The van der Waals surface area contributed by atoms with Crippen molar-refractivity contribution in [3.8, 4) is 0 Å². The summed E-state index contributed by atoms with van der Waals surface area (Å²) < 4.78 is 8.58. The predicted molar refractivity (Wildman–Crippen MR) is 149 cm³/mol. The highest BCUT2D eigenvalue weighted by atomic mass is 28.4. The van der Waals surface area contributed by atoms with E-state index >= 15 is 0 Å². The molecule has 0 saturated carbocycles. The van der Waals surface area contributed by atoms with Crippen molar-refractivity contribution in [3.05, 3.63) is 112 Å². The second-order valence-corrected chi connectivity index (χ2v) is 16.0. The fourth-order valence-corrected chi connectivity index (χ4v) is 6.08. The first kappa shape index (κ1) is 24.5. The third kappa shape index (κ3) is 4.29. The lowest BCUT2D eigenvalue weighted by Crippen LogP contribution is -2.43. The summed E-state index contributed by atoms with van der Waals surface area (Å²) in [7, 11) is -2.11. The van der Waals surface area contributed by atoms with Crippen LogP contribution in [0.25, 0.3) is 10.9 Å². The molecule has 0 bridgehead atoms. The van der Waals surface area contributed by atoms with Gasteiger partial charge in [0.05, 0.1) is 23.0 Å². The highest BCUT2D eigenvalue weighted by Crippen LogP contribution is 2.52. The summed E-state index contributed by atoms with van der Waals surface area (Å²) in [5.74, 6) is 0.655. The molecule has 0 amide bonds. The zero-order chi connectivity index (χ0) is 25.7. The van der Waals surface area contributed by atoms with Gasteiger partial charge in [-0.1, -0.05) is 93.6 Å². The normalized spacial score (nSPS) is 18.9. The molecule has 5 nitrogen and oxygen atoms in total. The first-order valence-electron chi connectivity index (χ1n) is 12.7. The topological polar surface area (TPSA) is 47.1 Å². The quantitative estimate of drug-likeness (QED) is 0.214. The van der Waals surface area contributed by atoms with Crippen molar-refractivity contribution >= 4 is 19.2 Å². The van der Waals surface area contributed by atoms with Crippen molar-refractivity contribution in [2.24, 2.45) is 0 Å². The molecule has 0 aliphatic carbocycles. The highest BCUT2D eigenvalue weighted by molar-refractivity contribution is 6.74. The van der Waals surface area contributed by atoms with Crippen LogP contribution in [0, 0.1) is 0 Å². The largest absolute Gasteiger partial charge is 0.407 e. The van der Waals surface area contributed by atoms with Crippen LogP contribution >= 0.6 is 0 Å². The highest BCUT2D eigenvalue weighted by Gasteiger charge is 2.52. The molecule has 0 unspecified atom stereocenters. The van der Waals surface area contributed by atoms with Gasteiger partial charge in [-0.2, -0.15) is 0 Å². The van der Waals surface area contributed by atoms with E-state index in [4.69, 9.17) is 9.41 Å². The number of benzene rings is 3. The minimum atomic E-state index is -2.11. The van der Waals surface area contributed by atoms with Crippen molar-refractivity contribution in [1.29, 1.82) is 0 Å². The van der Waals surface area contributed by atoms with E-state index in [-0.39, 0.29) is 28.8 Å². The Balaban J connectivity index is 1.68. The van der Waals surface area contributed by atoms with Crippen LogP contribution in [0.15, 0.2) is 89.7 Å². The average Bonchev–Trinajstić information content (AvgIpc) is 3.59. The van der Waals surface area contributed by atoms with E-state index in [0.717, 1.165) is 0 Å². The SMILES string of the molecule is C[C@H](O[Si](C)(C)C(C)(C)C)c1nc2ccccc2c(=O)n1N1[C@@H](c2ccccc2)[C@@H]1c1ccccc1. The second-order valence-electron chi connectivity index (χ2n) is 11.2. The molecular weight excluding hydrogens is 462 g/mol. The molecule has 2 heterocycles. The molecule has 0 radical (unpaired) electrons. The summed E-state index contributed by atoms with van der Waals surface area (Å²) >= 11 is 0. The van der Waals surface area contributed by atoms with E-state index in [1.165, 1.54) is 11.1 Å². The Morgan fingerprint density at radius 2 is 1.33 bits per heavy atom. The molecule has 1 fully saturated rings. The average molecular weight is 498 g/mol. The van der Waals surface area contributed by atoms with Crippen molar-refractivity contribution in [2.45, 2.75) is 64.0 Å². The van der Waals surface area contributed by atoms with E-state index in [0.29, 0.717) is 16.7 Å². The minimum Gasteiger partial charge on any atom is -0.407 e. The number of rotatable bonds is 6. The van der Waals surface area contributed by atoms with Crippen molar-refractivity contribution < 1.29 is 4.43 Å². The fraction of sp³-hybridized carbons (Fsp3) is 0.333. The van der Waals surface area contributed by atoms with Gasteiger partial charge in [0.15, 0.2) is 14.1 Å². The number of fused-ring (bicyclic) bond motifs is 1. The molecule has 3 atom stereocenters. The van der Waals surface area contributed by atoms with E-state index in [1.54, 1.807) is 4.68 Å². The standard InChI is InChI=1S/C30H35N3O2Si/c1-21(35-36(5,6)30(2,3)4)28-31-25-20-14-13-19-24(25)29(34)33(28)32-26(22-15-9-7-10-16-22)27(32)23-17-11-8-12-18-23/h7-21,26-27H,1-6H3/t21-,26-,27-/m0/s1. The Morgan fingerprint density at radius 3 is 1.86 bits per heavy atom.